The summed E-state index contributed by atoms with van der Waals surface area (Å²) < 4.78 is 0. The van der Waals surface area contributed by atoms with Crippen LogP contribution >= 0.6 is 17.0 Å². The number of halogens is 1. The van der Waals surface area contributed by atoms with Gasteiger partial charge in [-0.1, -0.05) is 13.3 Å². The maximum Gasteiger partial charge on any atom is 2.00 e. The molecule has 8 heavy (non-hydrogen) atoms. The zero-order valence-corrected chi connectivity index (χ0v) is 8.81. The van der Waals surface area contributed by atoms with Crippen LogP contribution < -0.4 is 0 Å². The van der Waals surface area contributed by atoms with Crippen LogP contribution in [0.15, 0.2) is 6.08 Å². The maximum absolute atomic E-state index is 4.90. The van der Waals surface area contributed by atoms with Crippen LogP contribution in [0.1, 0.15) is 20.3 Å². The minimum absolute atomic E-state index is 0. The minimum atomic E-state index is 0. The standard InChI is InChI=1S/C4H7.C2H5.BrH.Mg/c1-3-4-2;1-2;;/h1,3H,4H2,2H3;1H2,2H3;1H;/q2*-1;;+2. The second kappa shape index (κ2) is 43.7. The fraction of sp³-hybridized carbons (Fsp3) is 0.500. The van der Waals surface area contributed by atoms with Gasteiger partial charge in [0.05, 0.1) is 0 Å². The fourth-order valence-corrected chi connectivity index (χ4v) is 0. The van der Waals surface area contributed by atoms with E-state index in [-0.39, 0.29) is 40.0 Å². The first-order valence-corrected chi connectivity index (χ1v) is 2.16. The summed E-state index contributed by atoms with van der Waals surface area (Å²) in [7, 11) is 0. The van der Waals surface area contributed by atoms with Crippen molar-refractivity contribution in [1.82, 2.24) is 0 Å². The Morgan fingerprint density at radius 3 is 1.62 bits per heavy atom. The molecular weight excluding hydrogens is 176 g/mol. The Balaban J connectivity index is -0.0000000183. The van der Waals surface area contributed by atoms with Crippen LogP contribution in [0, 0.1) is 13.5 Å². The Bertz CT molecular complexity index is 22.5. The molecule has 0 N–H and O–H groups in total. The number of allylic oxidation sites excluding steroid dienone is 1. The Morgan fingerprint density at radius 2 is 1.62 bits per heavy atom. The smallest absolute Gasteiger partial charge is 0.518 e. The van der Waals surface area contributed by atoms with Gasteiger partial charge in [0.15, 0.2) is 0 Å². The van der Waals surface area contributed by atoms with Crippen molar-refractivity contribution in [3.05, 3.63) is 19.6 Å². The molecular formula is C6H13BrMg. The summed E-state index contributed by atoms with van der Waals surface area (Å²) in [5, 5.41) is 0. The van der Waals surface area contributed by atoms with Crippen molar-refractivity contribution < 1.29 is 0 Å². The first-order chi connectivity index (χ1) is 2.91. The van der Waals surface area contributed by atoms with Crippen molar-refractivity contribution in [3.8, 4) is 0 Å². The summed E-state index contributed by atoms with van der Waals surface area (Å²) in [5.74, 6) is 0. The summed E-state index contributed by atoms with van der Waals surface area (Å²) >= 11 is 0. The zero-order chi connectivity index (χ0) is 5.41. The van der Waals surface area contributed by atoms with Gasteiger partial charge in [-0.25, -0.2) is 0 Å². The molecule has 0 bridgehead atoms. The average molecular weight is 189 g/mol. The van der Waals surface area contributed by atoms with Crippen LogP contribution in [0.3, 0.4) is 0 Å². The minimum Gasteiger partial charge on any atom is -0.518 e. The molecule has 0 fully saturated rings. The first-order valence-electron chi connectivity index (χ1n) is 2.16. The molecule has 0 aromatic heterocycles. The van der Waals surface area contributed by atoms with E-state index in [1.54, 1.807) is 13.0 Å². The number of hydrogen-bond donors (Lipinski definition) is 0. The number of hydrogen-bond acceptors (Lipinski definition) is 0. The van der Waals surface area contributed by atoms with Crippen LogP contribution in [0.4, 0.5) is 0 Å². The van der Waals surface area contributed by atoms with Crippen molar-refractivity contribution >= 4 is 40.0 Å². The topological polar surface area (TPSA) is 0 Å². The van der Waals surface area contributed by atoms with Gasteiger partial charge in [-0.3, -0.25) is 6.08 Å². The molecule has 0 amide bonds. The van der Waals surface area contributed by atoms with Crippen LogP contribution in [0.25, 0.3) is 0 Å². The van der Waals surface area contributed by atoms with Crippen molar-refractivity contribution in [3.63, 3.8) is 0 Å². The normalized spacial score (nSPS) is 3.88. The van der Waals surface area contributed by atoms with E-state index >= 15 is 0 Å². The fourth-order valence-electron chi connectivity index (χ4n) is 0. The van der Waals surface area contributed by atoms with Crippen molar-refractivity contribution in [2.24, 2.45) is 0 Å². The molecule has 0 saturated carbocycles. The van der Waals surface area contributed by atoms with Crippen molar-refractivity contribution in [2.75, 3.05) is 0 Å². The molecule has 0 aromatic carbocycles. The molecule has 0 aliphatic rings. The molecule has 0 nitrogen and oxygen atoms in total. The quantitative estimate of drug-likeness (QED) is 0.439. The molecule has 0 rings (SSSR count). The molecule has 0 saturated heterocycles. The molecule has 2 heteroatoms. The SMILES string of the molecule is Br.[CH-]=CCC.[CH2-]C.[Mg+2]. The van der Waals surface area contributed by atoms with E-state index in [1.807, 2.05) is 6.92 Å². The molecule has 0 radical (unpaired) electrons. The van der Waals surface area contributed by atoms with Crippen LogP contribution in [0.5, 0.6) is 0 Å². The molecule has 0 aliphatic heterocycles. The van der Waals surface area contributed by atoms with Gasteiger partial charge in [-0.2, -0.15) is 6.92 Å². The summed E-state index contributed by atoms with van der Waals surface area (Å²) in [6.07, 6.45) is 2.60. The molecule has 46 valence electrons. The van der Waals surface area contributed by atoms with Crippen LogP contribution in [-0.2, 0) is 0 Å². The second-order valence-corrected chi connectivity index (χ2v) is 0.644. The van der Waals surface area contributed by atoms with E-state index in [0.29, 0.717) is 0 Å². The van der Waals surface area contributed by atoms with Crippen molar-refractivity contribution in [1.29, 1.82) is 0 Å². The van der Waals surface area contributed by atoms with E-state index in [0.717, 1.165) is 6.42 Å². The van der Waals surface area contributed by atoms with Crippen molar-refractivity contribution in [2.45, 2.75) is 20.3 Å². The van der Waals surface area contributed by atoms with E-state index < -0.39 is 0 Å². The zero-order valence-electron chi connectivity index (χ0n) is 5.68. The van der Waals surface area contributed by atoms with Gasteiger partial charge >= 0.3 is 23.1 Å². The van der Waals surface area contributed by atoms with E-state index in [1.165, 1.54) is 0 Å². The number of rotatable bonds is 1. The average Bonchev–Trinajstić information content (AvgIpc) is 1.72. The Labute approximate surface area is 79.7 Å². The Morgan fingerprint density at radius 1 is 1.50 bits per heavy atom. The largest absolute Gasteiger partial charge is 2.00 e. The molecule has 0 heterocycles. The van der Waals surface area contributed by atoms with Gasteiger partial charge in [0, 0.05) is 0 Å². The summed E-state index contributed by atoms with van der Waals surface area (Å²) in [6.45, 7) is 11.9. The third kappa shape index (κ3) is 63.5. The van der Waals surface area contributed by atoms with E-state index in [4.69, 9.17) is 6.58 Å². The van der Waals surface area contributed by atoms with Gasteiger partial charge < -0.3 is 13.5 Å². The summed E-state index contributed by atoms with van der Waals surface area (Å²) in [4.78, 5) is 0. The van der Waals surface area contributed by atoms with Gasteiger partial charge in [0.25, 0.3) is 0 Å². The van der Waals surface area contributed by atoms with Gasteiger partial charge in [0.2, 0.25) is 0 Å². The van der Waals surface area contributed by atoms with E-state index in [9.17, 15) is 0 Å². The van der Waals surface area contributed by atoms with Crippen LogP contribution in [-0.4, -0.2) is 23.1 Å². The molecule has 0 atom stereocenters. The monoisotopic (exact) mass is 188 g/mol. The maximum atomic E-state index is 4.90. The molecule has 0 spiro atoms. The predicted octanol–water partition coefficient (Wildman–Crippen LogP) is 2.42. The Hall–Kier alpha value is 0.986. The summed E-state index contributed by atoms with van der Waals surface area (Å²) in [6, 6.07) is 0. The van der Waals surface area contributed by atoms with Gasteiger partial charge in [-0.15, -0.1) is 17.0 Å². The molecule has 0 unspecified atom stereocenters. The molecule has 0 aliphatic carbocycles. The van der Waals surface area contributed by atoms with E-state index in [2.05, 4.69) is 6.92 Å². The van der Waals surface area contributed by atoms with Gasteiger partial charge in [-0.05, 0) is 0 Å². The van der Waals surface area contributed by atoms with Gasteiger partial charge in [0.1, 0.15) is 0 Å². The summed E-state index contributed by atoms with van der Waals surface area (Å²) in [5.41, 5.74) is 0. The first kappa shape index (κ1) is 23.1. The predicted molar refractivity (Wildman–Crippen MR) is 46.3 cm³/mol. The molecule has 0 aromatic rings. The Kier molecular flexibility index (Phi) is 126. The third-order valence-corrected chi connectivity index (χ3v) is 0.236. The second-order valence-electron chi connectivity index (χ2n) is 0.644. The third-order valence-electron chi connectivity index (χ3n) is 0.236. The van der Waals surface area contributed by atoms with Crippen LogP contribution in [0.2, 0.25) is 0 Å².